The lowest BCUT2D eigenvalue weighted by atomic mass is 9.47. The van der Waals surface area contributed by atoms with Gasteiger partial charge in [0.1, 0.15) is 24.7 Å². The second kappa shape index (κ2) is 8.86. The first-order valence-electron chi connectivity index (χ1n) is 15.7. The van der Waals surface area contributed by atoms with E-state index >= 15 is 0 Å². The van der Waals surface area contributed by atoms with Crippen molar-refractivity contribution in [3.8, 4) is 11.5 Å². The van der Waals surface area contributed by atoms with Crippen molar-refractivity contribution in [2.75, 3.05) is 26.4 Å². The molecule has 0 aromatic heterocycles. The van der Waals surface area contributed by atoms with Crippen molar-refractivity contribution in [2.45, 2.75) is 87.9 Å². The van der Waals surface area contributed by atoms with E-state index < -0.39 is 0 Å². The van der Waals surface area contributed by atoms with Crippen LogP contribution in [0.4, 0.5) is 0 Å². The average Bonchev–Trinajstić information content (AvgIpc) is 2.88. The standard InChI is InChI=1S/C34H44O4/c35-5-7-37-30-4-3-28(33-15-21-9-22(16-33)11-23(10-21)17-33)31-27(30)1-2-29(32(31)38-8-6-36)34-18-24-12-25(19-34)14-26(13-24)20-34/h1-4,21-26,35-36H,5-20H2. The summed E-state index contributed by atoms with van der Waals surface area (Å²) in [6.45, 7) is 0.678. The third-order valence-corrected chi connectivity index (χ3v) is 12.0. The largest absolute Gasteiger partial charge is 0.491 e. The van der Waals surface area contributed by atoms with E-state index in [-0.39, 0.29) is 24.0 Å². The van der Waals surface area contributed by atoms with Crippen molar-refractivity contribution in [1.29, 1.82) is 0 Å². The SMILES string of the molecule is OCCOc1ccc(C23CC4CC(CC(C4)C2)C3)c2c(OCCO)c(C34CC5CC(CC(C5)C3)C4)ccc12. The van der Waals surface area contributed by atoms with Gasteiger partial charge in [-0.25, -0.2) is 0 Å². The molecule has 4 heteroatoms. The Bertz CT molecular complexity index is 1160. The van der Waals surface area contributed by atoms with Gasteiger partial charge in [0.05, 0.1) is 13.2 Å². The molecule has 8 saturated carbocycles. The number of aliphatic hydroxyl groups excluding tert-OH is 2. The number of benzene rings is 2. The minimum atomic E-state index is 0.0114. The third kappa shape index (κ3) is 3.61. The van der Waals surface area contributed by atoms with Crippen molar-refractivity contribution >= 4 is 10.8 Å². The number of aliphatic hydroxyl groups is 2. The zero-order valence-corrected chi connectivity index (χ0v) is 22.8. The van der Waals surface area contributed by atoms with E-state index in [0.717, 1.165) is 52.4 Å². The van der Waals surface area contributed by atoms with E-state index in [4.69, 9.17) is 9.47 Å². The number of rotatable bonds is 8. The molecular formula is C34H44O4. The number of hydrogen-bond donors (Lipinski definition) is 2. The Morgan fingerprint density at radius 1 is 0.579 bits per heavy atom. The normalized spacial score (nSPS) is 40.3. The molecule has 0 radical (unpaired) electrons. The molecule has 0 saturated heterocycles. The summed E-state index contributed by atoms with van der Waals surface area (Å²) in [5.74, 6) is 7.12. The van der Waals surface area contributed by atoms with Crippen molar-refractivity contribution in [3.05, 3.63) is 35.4 Å². The van der Waals surface area contributed by atoms with Crippen molar-refractivity contribution in [3.63, 3.8) is 0 Å². The smallest absolute Gasteiger partial charge is 0.131 e. The van der Waals surface area contributed by atoms with Gasteiger partial charge < -0.3 is 19.7 Å². The minimum absolute atomic E-state index is 0.0114. The van der Waals surface area contributed by atoms with Gasteiger partial charge in [-0.1, -0.05) is 18.2 Å². The lowest BCUT2D eigenvalue weighted by molar-refractivity contribution is -0.00690. The molecule has 4 nitrogen and oxygen atoms in total. The Balaban J connectivity index is 1.35. The summed E-state index contributed by atoms with van der Waals surface area (Å²) in [6, 6.07) is 9.24. The Labute approximate surface area is 227 Å². The summed E-state index contributed by atoms with van der Waals surface area (Å²) in [6.07, 6.45) is 16.4. The Morgan fingerprint density at radius 2 is 1.03 bits per heavy atom. The molecule has 0 heterocycles. The van der Waals surface area contributed by atoms with Crippen LogP contribution in [0.3, 0.4) is 0 Å². The highest BCUT2D eigenvalue weighted by atomic mass is 16.5. The molecule has 0 spiro atoms. The van der Waals surface area contributed by atoms with Crippen LogP contribution >= 0.6 is 0 Å². The molecule has 0 unspecified atom stereocenters. The van der Waals surface area contributed by atoms with Gasteiger partial charge in [-0.2, -0.15) is 0 Å². The lowest BCUT2D eigenvalue weighted by Crippen LogP contribution is -2.49. The van der Waals surface area contributed by atoms with Crippen LogP contribution in [0.1, 0.15) is 88.2 Å². The predicted molar refractivity (Wildman–Crippen MR) is 149 cm³/mol. The van der Waals surface area contributed by atoms with Crippen LogP contribution in [0, 0.1) is 35.5 Å². The summed E-state index contributed by atoms with van der Waals surface area (Å²) in [7, 11) is 0. The van der Waals surface area contributed by atoms with Crippen molar-refractivity contribution in [1.82, 2.24) is 0 Å². The summed E-state index contributed by atoms with van der Waals surface area (Å²) < 4.78 is 12.8. The maximum atomic E-state index is 9.92. The molecule has 8 aliphatic carbocycles. The fourth-order valence-corrected chi connectivity index (χ4v) is 11.7. The van der Waals surface area contributed by atoms with Crippen molar-refractivity contribution < 1.29 is 19.7 Å². The summed E-state index contributed by atoms with van der Waals surface area (Å²) in [4.78, 5) is 0. The fraction of sp³-hybridized carbons (Fsp3) is 0.706. The van der Waals surface area contributed by atoms with Crippen LogP contribution in [0.15, 0.2) is 24.3 Å². The molecule has 0 amide bonds. The Hall–Kier alpha value is -1.78. The van der Waals surface area contributed by atoms with Gasteiger partial charge in [0, 0.05) is 16.3 Å². The van der Waals surface area contributed by atoms with Gasteiger partial charge in [-0.15, -0.1) is 0 Å². The quantitative estimate of drug-likeness (QED) is 0.420. The van der Waals surface area contributed by atoms with Gasteiger partial charge >= 0.3 is 0 Å². The van der Waals surface area contributed by atoms with E-state index in [0.29, 0.717) is 13.2 Å². The second-order valence-corrected chi connectivity index (χ2v) is 14.5. The number of ether oxygens (including phenoxy) is 2. The summed E-state index contributed by atoms with van der Waals surface area (Å²) in [5, 5.41) is 21.9. The molecule has 10 rings (SSSR count). The van der Waals surface area contributed by atoms with Gasteiger partial charge in [0.15, 0.2) is 0 Å². The second-order valence-electron chi connectivity index (χ2n) is 14.5. The summed E-state index contributed by atoms with van der Waals surface area (Å²) in [5.41, 5.74) is 3.36. The molecule has 0 aliphatic heterocycles. The first kappa shape index (κ1) is 24.1. The van der Waals surface area contributed by atoms with Crippen LogP contribution < -0.4 is 9.47 Å². The number of hydrogen-bond acceptors (Lipinski definition) is 4. The van der Waals surface area contributed by atoms with Crippen LogP contribution in [0.25, 0.3) is 10.8 Å². The van der Waals surface area contributed by atoms with Crippen LogP contribution in [0.2, 0.25) is 0 Å². The first-order valence-corrected chi connectivity index (χ1v) is 15.7. The highest BCUT2D eigenvalue weighted by Crippen LogP contribution is 2.65. The minimum Gasteiger partial charge on any atom is -0.491 e. The van der Waals surface area contributed by atoms with Crippen LogP contribution in [0.5, 0.6) is 11.5 Å². The molecule has 8 fully saturated rings. The van der Waals surface area contributed by atoms with E-state index in [1.54, 1.807) is 0 Å². The molecule has 8 bridgehead atoms. The van der Waals surface area contributed by atoms with Crippen molar-refractivity contribution in [2.24, 2.45) is 35.5 Å². The van der Waals surface area contributed by atoms with Gasteiger partial charge in [-0.3, -0.25) is 0 Å². The van der Waals surface area contributed by atoms with E-state index in [1.165, 1.54) is 93.6 Å². The molecule has 204 valence electrons. The van der Waals surface area contributed by atoms with Gasteiger partial charge in [-0.05, 0) is 135 Å². The van der Waals surface area contributed by atoms with E-state index in [9.17, 15) is 10.2 Å². The highest BCUT2D eigenvalue weighted by molar-refractivity contribution is 5.98. The fourth-order valence-electron chi connectivity index (χ4n) is 11.7. The lowest BCUT2D eigenvalue weighted by Gasteiger charge is -2.58. The molecule has 38 heavy (non-hydrogen) atoms. The summed E-state index contributed by atoms with van der Waals surface area (Å²) >= 11 is 0. The Kier molecular flexibility index (Phi) is 5.61. The maximum Gasteiger partial charge on any atom is 0.131 e. The zero-order valence-electron chi connectivity index (χ0n) is 22.8. The highest BCUT2D eigenvalue weighted by Gasteiger charge is 2.54. The van der Waals surface area contributed by atoms with Crippen LogP contribution in [-0.2, 0) is 10.8 Å². The third-order valence-electron chi connectivity index (χ3n) is 12.0. The van der Waals surface area contributed by atoms with E-state index in [1.807, 2.05) is 0 Å². The predicted octanol–water partition coefficient (Wildman–Crippen LogP) is 6.52. The molecule has 2 aromatic carbocycles. The molecule has 8 aliphatic rings. The van der Waals surface area contributed by atoms with E-state index in [2.05, 4.69) is 24.3 Å². The molecular weight excluding hydrogens is 472 g/mol. The van der Waals surface area contributed by atoms with Crippen LogP contribution in [-0.4, -0.2) is 36.6 Å². The zero-order chi connectivity index (χ0) is 25.5. The topological polar surface area (TPSA) is 58.9 Å². The molecule has 2 aromatic rings. The van der Waals surface area contributed by atoms with Gasteiger partial charge in [0.2, 0.25) is 0 Å². The maximum absolute atomic E-state index is 9.92. The molecule has 0 atom stereocenters. The monoisotopic (exact) mass is 516 g/mol. The first-order chi connectivity index (χ1) is 18.6. The average molecular weight is 517 g/mol. The van der Waals surface area contributed by atoms with Gasteiger partial charge in [0.25, 0.3) is 0 Å². The number of fused-ring (bicyclic) bond motifs is 1. The molecule has 2 N–H and O–H groups in total. The Morgan fingerprint density at radius 3 is 1.53 bits per heavy atom.